The van der Waals surface area contributed by atoms with Crippen LogP contribution in [-0.2, 0) is 4.74 Å². The van der Waals surface area contributed by atoms with E-state index in [2.05, 4.69) is 15.2 Å². The van der Waals surface area contributed by atoms with Crippen molar-refractivity contribution in [1.82, 2.24) is 9.88 Å². The first kappa shape index (κ1) is 12.8. The number of anilines is 1. The zero-order chi connectivity index (χ0) is 12.6. The van der Waals surface area contributed by atoms with Crippen LogP contribution >= 0.6 is 0 Å². The van der Waals surface area contributed by atoms with Gasteiger partial charge in [-0.3, -0.25) is 4.90 Å². The average molecular weight is 246 g/mol. The molecule has 1 fully saturated rings. The first-order valence-electron chi connectivity index (χ1n) is 6.29. The number of morpholine rings is 1. The van der Waals surface area contributed by atoms with Gasteiger partial charge in [0, 0.05) is 19.6 Å². The van der Waals surface area contributed by atoms with Crippen molar-refractivity contribution in [2.45, 2.75) is 6.42 Å². The van der Waals surface area contributed by atoms with Gasteiger partial charge in [-0.25, -0.2) is 4.98 Å². The second-order valence-corrected chi connectivity index (χ2v) is 4.25. The molecule has 1 aliphatic heterocycles. The van der Waals surface area contributed by atoms with E-state index in [1.165, 1.54) is 0 Å². The van der Waals surface area contributed by atoms with E-state index in [-0.39, 0.29) is 0 Å². The molecule has 1 aliphatic rings. The molecule has 0 spiro atoms. The fourth-order valence-electron chi connectivity index (χ4n) is 1.94. The lowest BCUT2D eigenvalue weighted by atomic mass is 10.3. The van der Waals surface area contributed by atoms with Gasteiger partial charge in [-0.05, 0) is 25.1 Å². The molecular formula is C13H18N4O. The molecule has 5 heteroatoms. The van der Waals surface area contributed by atoms with Gasteiger partial charge in [-0.1, -0.05) is 6.07 Å². The fraction of sp³-hybridized carbons (Fsp3) is 0.538. The van der Waals surface area contributed by atoms with Gasteiger partial charge in [0.05, 0.1) is 13.2 Å². The molecule has 0 aliphatic carbocycles. The largest absolute Gasteiger partial charge is 0.379 e. The molecule has 2 heterocycles. The third-order valence-corrected chi connectivity index (χ3v) is 2.92. The predicted octanol–water partition coefficient (Wildman–Crippen LogP) is 1.09. The molecule has 1 N–H and O–H groups in total. The maximum Gasteiger partial charge on any atom is 0.142 e. The fourth-order valence-corrected chi connectivity index (χ4v) is 1.94. The Morgan fingerprint density at radius 3 is 3.00 bits per heavy atom. The lowest BCUT2D eigenvalue weighted by molar-refractivity contribution is 0.0378. The van der Waals surface area contributed by atoms with E-state index in [9.17, 15) is 0 Å². The predicted molar refractivity (Wildman–Crippen MR) is 69.3 cm³/mol. The summed E-state index contributed by atoms with van der Waals surface area (Å²) in [5.41, 5.74) is 0.452. The zero-order valence-electron chi connectivity index (χ0n) is 10.4. The topological polar surface area (TPSA) is 61.2 Å². The molecule has 0 saturated carbocycles. The molecule has 1 aromatic rings. The average Bonchev–Trinajstić information content (AvgIpc) is 2.45. The third kappa shape index (κ3) is 3.99. The summed E-state index contributed by atoms with van der Waals surface area (Å²) in [7, 11) is 0. The summed E-state index contributed by atoms with van der Waals surface area (Å²) in [5, 5.41) is 12.0. The molecule has 0 unspecified atom stereocenters. The minimum atomic E-state index is 0.452. The summed E-state index contributed by atoms with van der Waals surface area (Å²) in [5.74, 6) is 0.774. The molecule has 0 atom stereocenters. The van der Waals surface area contributed by atoms with E-state index >= 15 is 0 Å². The van der Waals surface area contributed by atoms with E-state index in [4.69, 9.17) is 10.00 Å². The summed E-state index contributed by atoms with van der Waals surface area (Å²) >= 11 is 0. The van der Waals surface area contributed by atoms with Crippen molar-refractivity contribution in [3.8, 4) is 6.07 Å². The Bertz CT molecular complexity index is 410. The van der Waals surface area contributed by atoms with E-state index in [0.717, 1.165) is 51.6 Å². The highest BCUT2D eigenvalue weighted by Gasteiger charge is 2.08. The standard InChI is InChI=1S/C13H18N4O/c14-11-12-3-1-4-13(16-12)15-5-2-6-17-7-9-18-10-8-17/h1,3-4H,2,5-10H2,(H,15,16). The van der Waals surface area contributed by atoms with Crippen molar-refractivity contribution in [3.05, 3.63) is 23.9 Å². The summed E-state index contributed by atoms with van der Waals surface area (Å²) < 4.78 is 5.30. The zero-order valence-corrected chi connectivity index (χ0v) is 10.4. The highest BCUT2D eigenvalue weighted by atomic mass is 16.5. The summed E-state index contributed by atoms with van der Waals surface area (Å²) in [6, 6.07) is 7.47. The van der Waals surface area contributed by atoms with Gasteiger partial charge in [-0.2, -0.15) is 5.26 Å². The molecule has 5 nitrogen and oxygen atoms in total. The number of hydrogen-bond donors (Lipinski definition) is 1. The summed E-state index contributed by atoms with van der Waals surface area (Å²) in [4.78, 5) is 6.58. The van der Waals surface area contributed by atoms with Crippen molar-refractivity contribution < 1.29 is 4.74 Å². The third-order valence-electron chi connectivity index (χ3n) is 2.92. The first-order valence-corrected chi connectivity index (χ1v) is 6.29. The Kier molecular flexibility index (Phi) is 4.94. The van der Waals surface area contributed by atoms with E-state index in [1.807, 2.05) is 18.2 Å². The minimum absolute atomic E-state index is 0.452. The Labute approximate surface area is 107 Å². The highest BCUT2D eigenvalue weighted by Crippen LogP contribution is 2.04. The van der Waals surface area contributed by atoms with Crippen LogP contribution in [0.1, 0.15) is 12.1 Å². The second kappa shape index (κ2) is 6.94. The molecule has 0 radical (unpaired) electrons. The van der Waals surface area contributed by atoms with E-state index < -0.39 is 0 Å². The van der Waals surface area contributed by atoms with Gasteiger partial charge < -0.3 is 10.1 Å². The smallest absolute Gasteiger partial charge is 0.142 e. The van der Waals surface area contributed by atoms with Crippen LogP contribution < -0.4 is 5.32 Å². The quantitative estimate of drug-likeness (QED) is 0.788. The molecule has 0 amide bonds. The summed E-state index contributed by atoms with van der Waals surface area (Å²) in [6.07, 6.45) is 1.07. The Balaban J connectivity index is 1.67. The van der Waals surface area contributed by atoms with E-state index in [0.29, 0.717) is 5.69 Å². The van der Waals surface area contributed by atoms with Crippen molar-refractivity contribution in [2.24, 2.45) is 0 Å². The maximum absolute atomic E-state index is 8.75. The first-order chi connectivity index (χ1) is 8.88. The SMILES string of the molecule is N#Cc1cccc(NCCCN2CCOCC2)n1. The van der Waals surface area contributed by atoms with Crippen molar-refractivity contribution in [2.75, 3.05) is 44.7 Å². The van der Waals surface area contributed by atoms with Crippen LogP contribution in [0.5, 0.6) is 0 Å². The Hall–Kier alpha value is -1.64. The van der Waals surface area contributed by atoms with Gasteiger partial charge in [0.25, 0.3) is 0 Å². The highest BCUT2D eigenvalue weighted by molar-refractivity contribution is 5.38. The van der Waals surface area contributed by atoms with Gasteiger partial charge in [0.2, 0.25) is 0 Å². The number of aromatic nitrogens is 1. The van der Waals surface area contributed by atoms with Crippen LogP contribution in [-0.4, -0.2) is 49.3 Å². The van der Waals surface area contributed by atoms with Gasteiger partial charge in [0.15, 0.2) is 0 Å². The molecule has 0 bridgehead atoms. The molecule has 2 rings (SSSR count). The van der Waals surface area contributed by atoms with Crippen LogP contribution in [0.3, 0.4) is 0 Å². The van der Waals surface area contributed by atoms with Gasteiger partial charge >= 0.3 is 0 Å². The Morgan fingerprint density at radius 1 is 1.39 bits per heavy atom. The number of nitrogens with one attached hydrogen (secondary N) is 1. The molecule has 0 aromatic carbocycles. The van der Waals surface area contributed by atoms with Crippen LogP contribution in [0.25, 0.3) is 0 Å². The van der Waals surface area contributed by atoms with Crippen LogP contribution in [0, 0.1) is 11.3 Å². The van der Waals surface area contributed by atoms with Crippen molar-refractivity contribution in [1.29, 1.82) is 5.26 Å². The van der Waals surface area contributed by atoms with Gasteiger partial charge in [0.1, 0.15) is 17.6 Å². The number of nitriles is 1. The van der Waals surface area contributed by atoms with Crippen LogP contribution in [0.2, 0.25) is 0 Å². The lowest BCUT2D eigenvalue weighted by Gasteiger charge is -2.26. The van der Waals surface area contributed by atoms with Crippen LogP contribution in [0.4, 0.5) is 5.82 Å². The number of hydrogen-bond acceptors (Lipinski definition) is 5. The number of ether oxygens (including phenoxy) is 1. The molecule has 1 saturated heterocycles. The Morgan fingerprint density at radius 2 is 2.22 bits per heavy atom. The lowest BCUT2D eigenvalue weighted by Crippen LogP contribution is -2.37. The maximum atomic E-state index is 8.75. The monoisotopic (exact) mass is 246 g/mol. The molecule has 1 aromatic heterocycles. The molecular weight excluding hydrogens is 228 g/mol. The van der Waals surface area contributed by atoms with Gasteiger partial charge in [-0.15, -0.1) is 0 Å². The van der Waals surface area contributed by atoms with Crippen LogP contribution in [0.15, 0.2) is 18.2 Å². The number of pyridine rings is 1. The van der Waals surface area contributed by atoms with E-state index in [1.54, 1.807) is 6.07 Å². The molecule has 96 valence electrons. The normalized spacial score (nSPS) is 16.2. The van der Waals surface area contributed by atoms with Crippen molar-refractivity contribution in [3.63, 3.8) is 0 Å². The number of rotatable bonds is 5. The minimum Gasteiger partial charge on any atom is -0.379 e. The van der Waals surface area contributed by atoms with Crippen molar-refractivity contribution >= 4 is 5.82 Å². The number of nitrogens with zero attached hydrogens (tertiary/aromatic N) is 3. The second-order valence-electron chi connectivity index (χ2n) is 4.25. The molecule has 18 heavy (non-hydrogen) atoms. The summed E-state index contributed by atoms with van der Waals surface area (Å²) in [6.45, 7) is 5.70.